The lowest BCUT2D eigenvalue weighted by Gasteiger charge is -2.15. The van der Waals surface area contributed by atoms with Gasteiger partial charge in [0.2, 0.25) is 0 Å². The molecule has 0 heterocycles. The number of nitrogens with one attached hydrogen (secondary N) is 1. The first kappa shape index (κ1) is 14.9. The molecular formula is C12H16N2O5. The van der Waals surface area contributed by atoms with E-state index in [1.54, 1.807) is 7.11 Å². The fourth-order valence-electron chi connectivity index (χ4n) is 1.61. The van der Waals surface area contributed by atoms with Gasteiger partial charge in [-0.2, -0.15) is 0 Å². The number of methoxy groups -OCH3 is 1. The maximum absolute atomic E-state index is 11.0. The summed E-state index contributed by atoms with van der Waals surface area (Å²) in [5.41, 5.74) is -0.205. The van der Waals surface area contributed by atoms with E-state index in [-0.39, 0.29) is 11.6 Å². The lowest BCUT2D eigenvalue weighted by atomic mass is 10.1. The molecule has 2 N–H and O–H groups in total. The molecule has 1 aromatic rings. The van der Waals surface area contributed by atoms with Crippen LogP contribution in [0.3, 0.4) is 0 Å². The number of carboxylic acid groups (broad SMARTS) is 1. The molecule has 0 fully saturated rings. The number of anilines is 1. The number of aromatic carboxylic acids is 1. The van der Waals surface area contributed by atoms with Crippen LogP contribution >= 0.6 is 0 Å². The summed E-state index contributed by atoms with van der Waals surface area (Å²) in [5.74, 6) is -1.32. The van der Waals surface area contributed by atoms with Crippen LogP contribution in [0.4, 0.5) is 11.4 Å². The van der Waals surface area contributed by atoms with Gasteiger partial charge in [0.1, 0.15) is 5.56 Å². The molecule has 0 aliphatic heterocycles. The molecular weight excluding hydrogens is 252 g/mol. The highest BCUT2D eigenvalue weighted by Gasteiger charge is 2.20. The first-order valence-electron chi connectivity index (χ1n) is 5.73. The van der Waals surface area contributed by atoms with E-state index < -0.39 is 16.6 Å². The number of ether oxygens (including phenoxy) is 1. The minimum Gasteiger partial charge on any atom is -0.477 e. The molecule has 0 amide bonds. The zero-order valence-corrected chi connectivity index (χ0v) is 10.8. The Bertz CT molecular complexity index is 475. The summed E-state index contributed by atoms with van der Waals surface area (Å²) in [7, 11) is 1.60. The van der Waals surface area contributed by atoms with Crippen LogP contribution in [0.25, 0.3) is 0 Å². The van der Waals surface area contributed by atoms with Gasteiger partial charge in [-0.05, 0) is 25.5 Å². The summed E-state index contributed by atoms with van der Waals surface area (Å²) in [4.78, 5) is 21.0. The van der Waals surface area contributed by atoms with Gasteiger partial charge in [-0.1, -0.05) is 0 Å². The van der Waals surface area contributed by atoms with Crippen LogP contribution < -0.4 is 5.32 Å². The average molecular weight is 268 g/mol. The number of nitro groups is 1. The van der Waals surface area contributed by atoms with E-state index in [0.29, 0.717) is 12.3 Å². The molecule has 0 aliphatic carbocycles. The van der Waals surface area contributed by atoms with Crippen LogP contribution in [0, 0.1) is 10.1 Å². The number of carbonyl (C=O) groups is 1. The number of carboxylic acids is 1. The number of hydrogen-bond acceptors (Lipinski definition) is 5. The van der Waals surface area contributed by atoms with Gasteiger partial charge in [-0.15, -0.1) is 0 Å². The lowest BCUT2D eigenvalue weighted by Crippen LogP contribution is -2.17. The van der Waals surface area contributed by atoms with Gasteiger partial charge in [-0.3, -0.25) is 10.1 Å². The Morgan fingerprint density at radius 1 is 1.58 bits per heavy atom. The van der Waals surface area contributed by atoms with Crippen molar-refractivity contribution in [1.29, 1.82) is 0 Å². The van der Waals surface area contributed by atoms with Gasteiger partial charge in [0.15, 0.2) is 0 Å². The highest BCUT2D eigenvalue weighted by molar-refractivity contribution is 5.93. The standard InChI is InChI=1S/C12H16N2O5/c1-8(5-6-19-2)13-9-3-4-11(14(17)18)10(7-9)12(15)16/h3-4,7-8,13H,5-6H2,1-2H3,(H,15,16). The Hall–Kier alpha value is -2.15. The van der Waals surface area contributed by atoms with Crippen LogP contribution in [-0.4, -0.2) is 35.8 Å². The first-order valence-corrected chi connectivity index (χ1v) is 5.73. The van der Waals surface area contributed by atoms with Gasteiger partial charge in [0.25, 0.3) is 5.69 Å². The molecule has 0 saturated heterocycles. The highest BCUT2D eigenvalue weighted by Crippen LogP contribution is 2.23. The Kier molecular flexibility index (Phi) is 5.25. The molecule has 19 heavy (non-hydrogen) atoms. The molecule has 104 valence electrons. The van der Waals surface area contributed by atoms with Gasteiger partial charge >= 0.3 is 5.97 Å². The average Bonchev–Trinajstić information content (AvgIpc) is 2.35. The van der Waals surface area contributed by atoms with Crippen molar-refractivity contribution < 1.29 is 19.6 Å². The van der Waals surface area contributed by atoms with Crippen LogP contribution in [0.2, 0.25) is 0 Å². The Balaban J connectivity index is 2.90. The first-order chi connectivity index (χ1) is 8.95. The number of rotatable bonds is 7. The second-order valence-corrected chi connectivity index (χ2v) is 4.12. The topological polar surface area (TPSA) is 102 Å². The largest absolute Gasteiger partial charge is 0.477 e. The molecule has 1 unspecified atom stereocenters. The fourth-order valence-corrected chi connectivity index (χ4v) is 1.61. The molecule has 0 aromatic heterocycles. The third-order valence-electron chi connectivity index (χ3n) is 2.59. The molecule has 0 radical (unpaired) electrons. The number of benzene rings is 1. The van der Waals surface area contributed by atoms with Gasteiger partial charge in [-0.25, -0.2) is 4.79 Å². The van der Waals surface area contributed by atoms with Crippen LogP contribution in [-0.2, 0) is 4.74 Å². The molecule has 0 bridgehead atoms. The third kappa shape index (κ3) is 4.22. The van der Waals surface area contributed by atoms with E-state index in [4.69, 9.17) is 9.84 Å². The minimum absolute atomic E-state index is 0.0723. The van der Waals surface area contributed by atoms with Crippen molar-refractivity contribution in [2.24, 2.45) is 0 Å². The summed E-state index contributed by atoms with van der Waals surface area (Å²) >= 11 is 0. The molecule has 0 spiro atoms. The van der Waals surface area contributed by atoms with E-state index in [0.717, 1.165) is 6.42 Å². The van der Waals surface area contributed by atoms with Crippen molar-refractivity contribution in [1.82, 2.24) is 0 Å². The van der Waals surface area contributed by atoms with Crippen molar-refractivity contribution in [3.8, 4) is 0 Å². The molecule has 7 nitrogen and oxygen atoms in total. The maximum atomic E-state index is 11.0. The number of nitro benzene ring substituents is 1. The Morgan fingerprint density at radius 2 is 2.26 bits per heavy atom. The van der Waals surface area contributed by atoms with Crippen molar-refractivity contribution in [3.63, 3.8) is 0 Å². The van der Waals surface area contributed by atoms with E-state index in [9.17, 15) is 14.9 Å². The van der Waals surface area contributed by atoms with Crippen LogP contribution in [0.1, 0.15) is 23.7 Å². The zero-order chi connectivity index (χ0) is 14.4. The predicted octanol–water partition coefficient (Wildman–Crippen LogP) is 2.13. The molecule has 1 rings (SSSR count). The van der Waals surface area contributed by atoms with Crippen molar-refractivity contribution in [3.05, 3.63) is 33.9 Å². The maximum Gasteiger partial charge on any atom is 0.342 e. The number of nitrogens with zero attached hydrogens (tertiary/aromatic N) is 1. The summed E-state index contributed by atoms with van der Waals surface area (Å²) in [6.45, 7) is 2.49. The summed E-state index contributed by atoms with van der Waals surface area (Å²) in [6, 6.07) is 4.02. The zero-order valence-electron chi connectivity index (χ0n) is 10.8. The molecule has 7 heteroatoms. The van der Waals surface area contributed by atoms with Gasteiger partial charge < -0.3 is 15.2 Å². The number of hydrogen-bond donors (Lipinski definition) is 2. The quantitative estimate of drug-likeness (QED) is 0.580. The van der Waals surface area contributed by atoms with Crippen molar-refractivity contribution in [2.75, 3.05) is 19.0 Å². The van der Waals surface area contributed by atoms with Crippen molar-refractivity contribution in [2.45, 2.75) is 19.4 Å². The van der Waals surface area contributed by atoms with E-state index in [1.807, 2.05) is 6.92 Å². The third-order valence-corrected chi connectivity index (χ3v) is 2.59. The lowest BCUT2D eigenvalue weighted by molar-refractivity contribution is -0.385. The van der Waals surface area contributed by atoms with E-state index in [1.165, 1.54) is 18.2 Å². The monoisotopic (exact) mass is 268 g/mol. The highest BCUT2D eigenvalue weighted by atomic mass is 16.6. The van der Waals surface area contributed by atoms with E-state index >= 15 is 0 Å². The Labute approximate surface area is 110 Å². The molecule has 0 saturated carbocycles. The Morgan fingerprint density at radius 3 is 2.79 bits per heavy atom. The fraction of sp³-hybridized carbons (Fsp3) is 0.417. The summed E-state index contributed by atoms with van der Waals surface area (Å²) in [6.07, 6.45) is 0.746. The van der Waals surface area contributed by atoms with Crippen LogP contribution in [0.5, 0.6) is 0 Å². The van der Waals surface area contributed by atoms with E-state index in [2.05, 4.69) is 5.32 Å². The summed E-state index contributed by atoms with van der Waals surface area (Å²) in [5, 5.41) is 22.7. The van der Waals surface area contributed by atoms with Gasteiger partial charge in [0.05, 0.1) is 4.92 Å². The van der Waals surface area contributed by atoms with Crippen molar-refractivity contribution >= 4 is 17.3 Å². The normalized spacial score (nSPS) is 11.9. The SMILES string of the molecule is COCCC(C)Nc1ccc([N+](=O)[O-])c(C(=O)O)c1. The van der Waals surface area contributed by atoms with Gasteiger partial charge in [0, 0.05) is 31.5 Å². The second-order valence-electron chi connectivity index (χ2n) is 4.12. The molecule has 0 aliphatic rings. The molecule has 1 aromatic carbocycles. The summed E-state index contributed by atoms with van der Waals surface area (Å²) < 4.78 is 4.94. The molecule has 1 atom stereocenters. The predicted molar refractivity (Wildman–Crippen MR) is 69.6 cm³/mol. The second kappa shape index (κ2) is 6.69. The minimum atomic E-state index is -1.32. The smallest absolute Gasteiger partial charge is 0.342 e. The van der Waals surface area contributed by atoms with Crippen LogP contribution in [0.15, 0.2) is 18.2 Å².